The molecule has 0 saturated carbocycles. The van der Waals surface area contributed by atoms with Gasteiger partial charge in [-0.1, -0.05) is 51.0 Å². The number of ether oxygens (including phenoxy) is 1. The summed E-state index contributed by atoms with van der Waals surface area (Å²) in [6.45, 7) is 11.9. The molecule has 0 radical (unpaired) electrons. The number of rotatable bonds is 5. The van der Waals surface area contributed by atoms with Gasteiger partial charge in [-0.3, -0.25) is 0 Å². The van der Waals surface area contributed by atoms with Gasteiger partial charge in [0.05, 0.1) is 7.11 Å². The van der Waals surface area contributed by atoms with Crippen molar-refractivity contribution in [2.75, 3.05) is 7.11 Å². The molecule has 1 heteroatoms. The van der Waals surface area contributed by atoms with Crippen molar-refractivity contribution in [1.82, 2.24) is 0 Å². The smallest absolute Gasteiger partial charge is 0.119 e. The molecule has 0 fully saturated rings. The maximum absolute atomic E-state index is 5.39. The van der Waals surface area contributed by atoms with E-state index < -0.39 is 0 Å². The normalized spacial score (nSPS) is 18.5. The Hall–Kier alpha value is -1.24. The third kappa shape index (κ3) is 3.74. The van der Waals surface area contributed by atoms with Crippen molar-refractivity contribution in [3.63, 3.8) is 0 Å². The van der Waals surface area contributed by atoms with Crippen molar-refractivity contribution in [1.29, 1.82) is 0 Å². The van der Waals surface area contributed by atoms with Crippen molar-refractivity contribution in [2.45, 2.75) is 72.1 Å². The van der Waals surface area contributed by atoms with Crippen molar-refractivity contribution >= 4 is 0 Å². The minimum atomic E-state index is 0.176. The first kappa shape index (κ1) is 17.1. The molecule has 0 bridgehead atoms. The second-order valence-electron chi connectivity index (χ2n) is 8.11. The molecule has 0 saturated heterocycles. The van der Waals surface area contributed by atoms with E-state index in [0.29, 0.717) is 5.41 Å². The molecule has 1 aromatic carbocycles. The monoisotopic (exact) mass is 300 g/mol. The number of allylic oxidation sites excluding steroid dienone is 2. The van der Waals surface area contributed by atoms with Crippen LogP contribution in [-0.4, -0.2) is 7.11 Å². The van der Waals surface area contributed by atoms with E-state index in [9.17, 15) is 0 Å². The number of benzene rings is 1. The molecule has 0 heterocycles. The number of hydrogen-bond acceptors (Lipinski definition) is 1. The Morgan fingerprint density at radius 1 is 1.23 bits per heavy atom. The summed E-state index contributed by atoms with van der Waals surface area (Å²) in [5.74, 6) is 0.957. The van der Waals surface area contributed by atoms with Gasteiger partial charge in [-0.2, -0.15) is 0 Å². The quantitative estimate of drug-likeness (QED) is 0.581. The van der Waals surface area contributed by atoms with Crippen molar-refractivity contribution in [3.8, 4) is 5.75 Å². The van der Waals surface area contributed by atoms with E-state index in [1.807, 2.05) is 6.07 Å². The van der Waals surface area contributed by atoms with Crippen molar-refractivity contribution in [2.24, 2.45) is 5.41 Å². The molecule has 1 aliphatic rings. The predicted octanol–water partition coefficient (Wildman–Crippen LogP) is 6.28. The van der Waals surface area contributed by atoms with Gasteiger partial charge in [-0.05, 0) is 67.6 Å². The topological polar surface area (TPSA) is 9.23 Å². The average molecular weight is 300 g/mol. The van der Waals surface area contributed by atoms with Crippen LogP contribution in [0.4, 0.5) is 0 Å². The molecule has 2 rings (SSSR count). The van der Waals surface area contributed by atoms with Crippen LogP contribution < -0.4 is 4.74 Å². The molecule has 1 nitrogen and oxygen atoms in total. The van der Waals surface area contributed by atoms with Gasteiger partial charge in [-0.25, -0.2) is 0 Å². The third-order valence-electron chi connectivity index (χ3n) is 5.54. The molecule has 1 aliphatic carbocycles. The molecular formula is C21H32O. The Balaban J connectivity index is 2.15. The lowest BCUT2D eigenvalue weighted by molar-refractivity contribution is 0.339. The van der Waals surface area contributed by atoms with E-state index in [0.717, 1.165) is 5.75 Å². The van der Waals surface area contributed by atoms with Gasteiger partial charge in [0, 0.05) is 0 Å². The van der Waals surface area contributed by atoms with Crippen LogP contribution >= 0.6 is 0 Å². The Bertz CT molecular complexity index is 549. The highest BCUT2D eigenvalue weighted by Gasteiger charge is 2.30. The van der Waals surface area contributed by atoms with Crippen LogP contribution in [0.25, 0.3) is 0 Å². The Labute approximate surface area is 136 Å². The molecule has 1 aromatic rings. The highest BCUT2D eigenvalue weighted by Crippen LogP contribution is 2.44. The van der Waals surface area contributed by atoms with Crippen LogP contribution in [0, 0.1) is 5.41 Å². The van der Waals surface area contributed by atoms with E-state index >= 15 is 0 Å². The summed E-state index contributed by atoms with van der Waals surface area (Å²) in [5.41, 5.74) is 5.27. The van der Waals surface area contributed by atoms with E-state index in [1.165, 1.54) is 37.7 Å². The molecule has 122 valence electrons. The van der Waals surface area contributed by atoms with E-state index in [-0.39, 0.29) is 5.41 Å². The van der Waals surface area contributed by atoms with Gasteiger partial charge in [-0.15, -0.1) is 0 Å². The largest absolute Gasteiger partial charge is 0.497 e. The highest BCUT2D eigenvalue weighted by molar-refractivity contribution is 5.33. The van der Waals surface area contributed by atoms with Crippen molar-refractivity contribution < 1.29 is 4.74 Å². The van der Waals surface area contributed by atoms with Crippen LogP contribution in [-0.2, 0) is 5.41 Å². The summed E-state index contributed by atoms with van der Waals surface area (Å²) in [6, 6.07) is 8.55. The maximum atomic E-state index is 5.39. The summed E-state index contributed by atoms with van der Waals surface area (Å²) in [6.07, 6.45) is 6.37. The van der Waals surface area contributed by atoms with Crippen LogP contribution in [0.15, 0.2) is 35.4 Å². The fourth-order valence-corrected chi connectivity index (χ4v) is 3.85. The second-order valence-corrected chi connectivity index (χ2v) is 8.11. The Kier molecular flexibility index (Phi) is 5.04. The standard InChI is InChI=1S/C21H32O/c1-16-9-8-13-21(4,5)19(16)12-14-20(2,3)17-10-7-11-18(15-17)22-6/h7,10-11,15H,8-9,12-14H2,1-6H3. The first-order chi connectivity index (χ1) is 10.3. The molecule has 0 aromatic heterocycles. The highest BCUT2D eigenvalue weighted by atomic mass is 16.5. The maximum Gasteiger partial charge on any atom is 0.119 e. The summed E-state index contributed by atoms with van der Waals surface area (Å²) < 4.78 is 5.39. The molecule has 0 amide bonds. The van der Waals surface area contributed by atoms with Crippen molar-refractivity contribution in [3.05, 3.63) is 41.0 Å². The zero-order valence-corrected chi connectivity index (χ0v) is 15.3. The van der Waals surface area contributed by atoms with Crippen LogP contribution in [0.3, 0.4) is 0 Å². The zero-order chi connectivity index (χ0) is 16.4. The number of methoxy groups -OCH3 is 1. The SMILES string of the molecule is COc1cccc(C(C)(C)CCC2=C(C)CCCC2(C)C)c1. The molecule has 0 spiro atoms. The Morgan fingerprint density at radius 3 is 2.59 bits per heavy atom. The minimum Gasteiger partial charge on any atom is -0.497 e. The van der Waals surface area contributed by atoms with Gasteiger partial charge in [0.1, 0.15) is 5.75 Å². The average Bonchev–Trinajstić information content (AvgIpc) is 2.46. The lowest BCUT2D eigenvalue weighted by Crippen LogP contribution is -2.24. The number of hydrogen-bond donors (Lipinski definition) is 0. The summed E-state index contributed by atoms with van der Waals surface area (Å²) in [4.78, 5) is 0. The first-order valence-corrected chi connectivity index (χ1v) is 8.60. The molecule has 22 heavy (non-hydrogen) atoms. The Morgan fingerprint density at radius 2 is 1.95 bits per heavy atom. The van der Waals surface area contributed by atoms with E-state index in [2.05, 4.69) is 52.8 Å². The third-order valence-corrected chi connectivity index (χ3v) is 5.54. The summed E-state index contributed by atoms with van der Waals surface area (Å²) >= 11 is 0. The van der Waals surface area contributed by atoms with Gasteiger partial charge < -0.3 is 4.74 Å². The van der Waals surface area contributed by atoms with Gasteiger partial charge >= 0.3 is 0 Å². The first-order valence-electron chi connectivity index (χ1n) is 8.60. The lowest BCUT2D eigenvalue weighted by Gasteiger charge is -2.36. The van der Waals surface area contributed by atoms with Gasteiger partial charge in [0.15, 0.2) is 0 Å². The summed E-state index contributed by atoms with van der Waals surface area (Å²) in [5, 5.41) is 0. The fourth-order valence-electron chi connectivity index (χ4n) is 3.85. The lowest BCUT2D eigenvalue weighted by atomic mass is 9.69. The van der Waals surface area contributed by atoms with E-state index in [4.69, 9.17) is 4.74 Å². The van der Waals surface area contributed by atoms with E-state index in [1.54, 1.807) is 18.3 Å². The second kappa shape index (κ2) is 6.48. The molecule has 0 N–H and O–H groups in total. The molecule has 0 aliphatic heterocycles. The summed E-state index contributed by atoms with van der Waals surface area (Å²) in [7, 11) is 1.74. The predicted molar refractivity (Wildman–Crippen MR) is 95.6 cm³/mol. The van der Waals surface area contributed by atoms with Crippen LogP contribution in [0.1, 0.15) is 72.3 Å². The fraction of sp³-hybridized carbons (Fsp3) is 0.619. The molecular weight excluding hydrogens is 268 g/mol. The minimum absolute atomic E-state index is 0.176. The van der Waals surface area contributed by atoms with Gasteiger partial charge in [0.25, 0.3) is 0 Å². The molecule has 0 atom stereocenters. The van der Waals surface area contributed by atoms with Crippen LogP contribution in [0.2, 0.25) is 0 Å². The molecule has 0 unspecified atom stereocenters. The van der Waals surface area contributed by atoms with Gasteiger partial charge in [0.2, 0.25) is 0 Å². The van der Waals surface area contributed by atoms with Crippen LogP contribution in [0.5, 0.6) is 5.75 Å². The zero-order valence-electron chi connectivity index (χ0n) is 15.3.